The van der Waals surface area contributed by atoms with E-state index in [9.17, 15) is 18.0 Å². The van der Waals surface area contributed by atoms with Crippen molar-refractivity contribution < 1.29 is 18.0 Å². The second-order valence-electron chi connectivity index (χ2n) is 10.1. The average Bonchev–Trinajstić information content (AvgIpc) is 2.91. The van der Waals surface area contributed by atoms with Crippen LogP contribution in [0.3, 0.4) is 0 Å². The van der Waals surface area contributed by atoms with Gasteiger partial charge in [0.15, 0.2) is 0 Å². The molecule has 1 N–H and O–H groups in total. The van der Waals surface area contributed by atoms with Crippen LogP contribution in [0.2, 0.25) is 10.0 Å². The largest absolute Gasteiger partial charge is 0.355 e. The van der Waals surface area contributed by atoms with Gasteiger partial charge in [0, 0.05) is 42.5 Å². The normalized spacial score (nSPS) is 12.0. The van der Waals surface area contributed by atoms with E-state index in [1.165, 1.54) is 9.21 Å². The van der Waals surface area contributed by atoms with Gasteiger partial charge in [-0.25, -0.2) is 8.42 Å². The van der Waals surface area contributed by atoms with Crippen LogP contribution >= 0.6 is 23.2 Å². The fourth-order valence-corrected chi connectivity index (χ4v) is 5.99. The Labute approximate surface area is 253 Å². The van der Waals surface area contributed by atoms with Crippen LogP contribution in [0, 0.1) is 13.8 Å². The van der Waals surface area contributed by atoms with E-state index in [0.717, 1.165) is 22.9 Å². The van der Waals surface area contributed by atoms with Crippen LogP contribution < -0.4 is 9.62 Å². The Morgan fingerprint density at radius 2 is 1.66 bits per heavy atom. The summed E-state index contributed by atoms with van der Waals surface area (Å²) in [5.41, 5.74) is 4.14. The maximum absolute atomic E-state index is 13.8. The van der Waals surface area contributed by atoms with Crippen molar-refractivity contribution in [1.29, 1.82) is 0 Å². The molecule has 0 saturated heterocycles. The van der Waals surface area contributed by atoms with Crippen LogP contribution in [0.15, 0.2) is 66.7 Å². The van der Waals surface area contributed by atoms with Gasteiger partial charge in [-0.2, -0.15) is 0 Å². The highest BCUT2D eigenvalue weighted by Crippen LogP contribution is 2.26. The van der Waals surface area contributed by atoms with E-state index >= 15 is 0 Å². The number of halogens is 2. The minimum absolute atomic E-state index is 0.0345. The molecule has 3 rings (SSSR count). The molecule has 7 nitrogen and oxygen atoms in total. The monoisotopic (exact) mass is 617 g/mol. The summed E-state index contributed by atoms with van der Waals surface area (Å²) in [6, 6.07) is 19.2. The Hall–Kier alpha value is -3.07. The minimum atomic E-state index is -3.59. The number of rotatable bonds is 13. The molecule has 1 atom stereocenters. The quantitative estimate of drug-likeness (QED) is 0.257. The van der Waals surface area contributed by atoms with Gasteiger partial charge in [0.25, 0.3) is 0 Å². The maximum Gasteiger partial charge on any atom is 0.243 e. The molecule has 220 valence electrons. The standard InChI is InChI=1S/C31H37Cl2N3O4S/c1-5-34-31(38)29(19-24-10-7-6-8-11-24)35(21-25-14-15-26(32)20-28(25)33)30(37)12-9-17-36(41(4,39)40)27-16-13-22(2)23(3)18-27/h6-8,10-11,13-16,18,20,29H,5,9,12,17,19,21H2,1-4H3,(H,34,38). The molecule has 3 aromatic rings. The first-order chi connectivity index (χ1) is 19.4. The minimum Gasteiger partial charge on any atom is -0.355 e. The van der Waals surface area contributed by atoms with Crippen LogP contribution in [-0.2, 0) is 32.6 Å². The summed E-state index contributed by atoms with van der Waals surface area (Å²) in [7, 11) is -3.59. The summed E-state index contributed by atoms with van der Waals surface area (Å²) >= 11 is 12.6. The molecule has 41 heavy (non-hydrogen) atoms. The Morgan fingerprint density at radius 1 is 0.951 bits per heavy atom. The zero-order valence-electron chi connectivity index (χ0n) is 23.9. The molecule has 0 heterocycles. The van der Waals surface area contributed by atoms with Crippen molar-refractivity contribution in [2.24, 2.45) is 0 Å². The summed E-state index contributed by atoms with van der Waals surface area (Å²) < 4.78 is 26.7. The number of aryl methyl sites for hydroxylation is 2. The number of carbonyl (C=O) groups excluding carboxylic acids is 2. The molecule has 0 aromatic heterocycles. The number of sulfonamides is 1. The summed E-state index contributed by atoms with van der Waals surface area (Å²) in [6.45, 7) is 6.34. The van der Waals surface area contributed by atoms with Crippen molar-refractivity contribution in [3.8, 4) is 0 Å². The molecular formula is C31H37Cl2N3O4S. The topological polar surface area (TPSA) is 86.8 Å². The van der Waals surface area contributed by atoms with Gasteiger partial charge in [-0.05, 0) is 73.7 Å². The SMILES string of the molecule is CCNC(=O)C(Cc1ccccc1)N(Cc1ccc(Cl)cc1Cl)C(=O)CCCN(c1ccc(C)c(C)c1)S(C)(=O)=O. The van der Waals surface area contributed by atoms with E-state index in [-0.39, 0.29) is 37.7 Å². The number of amides is 2. The Kier molecular flexibility index (Phi) is 11.6. The van der Waals surface area contributed by atoms with Crippen LogP contribution in [-0.4, -0.2) is 50.5 Å². The van der Waals surface area contributed by atoms with Crippen molar-refractivity contribution in [1.82, 2.24) is 10.2 Å². The highest BCUT2D eigenvalue weighted by molar-refractivity contribution is 7.92. The molecule has 0 bridgehead atoms. The molecule has 0 aliphatic heterocycles. The summed E-state index contributed by atoms with van der Waals surface area (Å²) in [5, 5.41) is 3.72. The van der Waals surface area contributed by atoms with Gasteiger partial charge in [-0.15, -0.1) is 0 Å². The molecule has 10 heteroatoms. The van der Waals surface area contributed by atoms with E-state index in [1.807, 2.05) is 63.2 Å². The van der Waals surface area contributed by atoms with Crippen LogP contribution in [0.4, 0.5) is 5.69 Å². The zero-order chi connectivity index (χ0) is 30.2. The molecule has 0 saturated carbocycles. The maximum atomic E-state index is 13.8. The van der Waals surface area contributed by atoms with E-state index in [0.29, 0.717) is 34.3 Å². The van der Waals surface area contributed by atoms with Gasteiger partial charge in [-0.1, -0.05) is 65.7 Å². The number of carbonyl (C=O) groups is 2. The van der Waals surface area contributed by atoms with Crippen LogP contribution in [0.5, 0.6) is 0 Å². The Balaban J connectivity index is 1.89. The molecule has 0 spiro atoms. The molecule has 0 aliphatic rings. The first-order valence-electron chi connectivity index (χ1n) is 13.5. The molecular weight excluding hydrogens is 581 g/mol. The van der Waals surface area contributed by atoms with Crippen LogP contribution in [0.1, 0.15) is 42.0 Å². The van der Waals surface area contributed by atoms with Crippen molar-refractivity contribution in [2.45, 2.75) is 52.6 Å². The number of anilines is 1. The van der Waals surface area contributed by atoms with Crippen molar-refractivity contribution in [3.63, 3.8) is 0 Å². The zero-order valence-corrected chi connectivity index (χ0v) is 26.2. The Bertz CT molecular complexity index is 1470. The molecule has 1 unspecified atom stereocenters. The lowest BCUT2D eigenvalue weighted by molar-refractivity contribution is -0.141. The highest BCUT2D eigenvalue weighted by atomic mass is 35.5. The van der Waals surface area contributed by atoms with Gasteiger partial charge in [0.2, 0.25) is 21.8 Å². The predicted molar refractivity (Wildman–Crippen MR) is 167 cm³/mol. The average molecular weight is 619 g/mol. The molecule has 0 radical (unpaired) electrons. The second kappa shape index (κ2) is 14.7. The first-order valence-corrected chi connectivity index (χ1v) is 16.1. The van der Waals surface area contributed by atoms with E-state index in [4.69, 9.17) is 23.2 Å². The number of nitrogens with one attached hydrogen (secondary N) is 1. The second-order valence-corrected chi connectivity index (χ2v) is 12.8. The number of hydrogen-bond acceptors (Lipinski definition) is 4. The number of nitrogens with zero attached hydrogens (tertiary/aromatic N) is 2. The molecule has 3 aromatic carbocycles. The number of benzene rings is 3. The smallest absolute Gasteiger partial charge is 0.243 e. The third kappa shape index (κ3) is 9.21. The summed E-state index contributed by atoms with van der Waals surface area (Å²) in [6.07, 6.45) is 1.76. The van der Waals surface area contributed by atoms with Gasteiger partial charge >= 0.3 is 0 Å². The van der Waals surface area contributed by atoms with Gasteiger partial charge in [0.05, 0.1) is 11.9 Å². The van der Waals surface area contributed by atoms with Gasteiger partial charge < -0.3 is 10.2 Å². The van der Waals surface area contributed by atoms with Crippen molar-refractivity contribution in [3.05, 3.63) is 99.0 Å². The van der Waals surface area contributed by atoms with Gasteiger partial charge in [-0.3, -0.25) is 13.9 Å². The lowest BCUT2D eigenvalue weighted by atomic mass is 10.0. The summed E-state index contributed by atoms with van der Waals surface area (Å²) in [5.74, 6) is -0.556. The predicted octanol–water partition coefficient (Wildman–Crippen LogP) is 5.93. The van der Waals surface area contributed by atoms with Crippen molar-refractivity contribution >= 4 is 50.7 Å². The lowest BCUT2D eigenvalue weighted by Crippen LogP contribution is -2.50. The third-order valence-electron chi connectivity index (χ3n) is 6.91. The van der Waals surface area contributed by atoms with Gasteiger partial charge in [0.1, 0.15) is 6.04 Å². The fraction of sp³-hybridized carbons (Fsp3) is 0.355. The molecule has 2 amide bonds. The molecule has 0 fully saturated rings. The lowest BCUT2D eigenvalue weighted by Gasteiger charge is -2.32. The highest BCUT2D eigenvalue weighted by Gasteiger charge is 2.30. The van der Waals surface area contributed by atoms with Crippen LogP contribution in [0.25, 0.3) is 0 Å². The number of hydrogen-bond donors (Lipinski definition) is 1. The fourth-order valence-electron chi connectivity index (χ4n) is 4.56. The summed E-state index contributed by atoms with van der Waals surface area (Å²) in [4.78, 5) is 28.7. The number of likely N-dealkylation sites (N-methyl/N-ethyl adjacent to an activating group) is 1. The first kappa shape index (κ1) is 32.4. The van der Waals surface area contributed by atoms with E-state index in [2.05, 4.69) is 5.32 Å². The van der Waals surface area contributed by atoms with Crippen molar-refractivity contribution in [2.75, 3.05) is 23.7 Å². The van der Waals surface area contributed by atoms with E-state index < -0.39 is 16.1 Å². The third-order valence-corrected chi connectivity index (χ3v) is 8.69. The van der Waals surface area contributed by atoms with E-state index in [1.54, 1.807) is 24.3 Å². The molecule has 0 aliphatic carbocycles. The Morgan fingerprint density at radius 3 is 2.27 bits per heavy atom.